The monoisotopic (exact) mass is 320 g/mol. The Morgan fingerprint density at radius 1 is 1.26 bits per heavy atom. The minimum absolute atomic E-state index is 0.0679. The maximum atomic E-state index is 12.8. The van der Waals surface area contributed by atoms with E-state index in [0.717, 1.165) is 38.0 Å². The third-order valence-corrected chi connectivity index (χ3v) is 4.84. The number of hydrogen-bond donors (Lipinski definition) is 1. The number of halogens is 1. The molecule has 4 nitrogen and oxygen atoms in total. The molecule has 0 unspecified atom stereocenters. The lowest BCUT2D eigenvalue weighted by molar-refractivity contribution is -0.129. The number of benzene rings is 1. The third kappa shape index (κ3) is 4.52. The molecule has 3 rings (SSSR count). The summed E-state index contributed by atoms with van der Waals surface area (Å²) in [6.07, 6.45) is 5.75. The first-order valence-electron chi connectivity index (χ1n) is 8.59. The second kappa shape index (κ2) is 7.88. The van der Waals surface area contributed by atoms with Gasteiger partial charge in [0.15, 0.2) is 0 Å². The van der Waals surface area contributed by atoms with Crippen molar-refractivity contribution in [3.05, 3.63) is 35.6 Å². The van der Waals surface area contributed by atoms with Crippen molar-refractivity contribution in [2.45, 2.75) is 44.2 Å². The van der Waals surface area contributed by atoms with Gasteiger partial charge < -0.3 is 10.1 Å². The molecule has 1 N–H and O–H groups in total. The molecule has 1 aromatic rings. The van der Waals surface area contributed by atoms with Crippen LogP contribution in [0.25, 0.3) is 0 Å². The van der Waals surface area contributed by atoms with Crippen LogP contribution in [0.3, 0.4) is 0 Å². The molecule has 23 heavy (non-hydrogen) atoms. The molecule has 2 fully saturated rings. The molecule has 1 amide bonds. The van der Waals surface area contributed by atoms with Gasteiger partial charge in [0, 0.05) is 19.1 Å². The molecule has 1 aliphatic heterocycles. The fourth-order valence-corrected chi connectivity index (χ4v) is 3.61. The Morgan fingerprint density at radius 3 is 2.87 bits per heavy atom. The molecule has 0 spiro atoms. The van der Waals surface area contributed by atoms with Crippen LogP contribution in [-0.2, 0) is 16.0 Å². The highest BCUT2D eigenvalue weighted by molar-refractivity contribution is 5.78. The molecule has 126 valence electrons. The van der Waals surface area contributed by atoms with E-state index in [1.165, 1.54) is 25.0 Å². The Hall–Kier alpha value is -1.46. The van der Waals surface area contributed by atoms with Crippen LogP contribution in [0.1, 0.15) is 31.2 Å². The topological polar surface area (TPSA) is 41.6 Å². The van der Waals surface area contributed by atoms with Gasteiger partial charge in [0.2, 0.25) is 5.91 Å². The van der Waals surface area contributed by atoms with Crippen molar-refractivity contribution in [2.24, 2.45) is 0 Å². The van der Waals surface area contributed by atoms with Gasteiger partial charge in [0.05, 0.1) is 19.3 Å². The Labute approximate surface area is 137 Å². The van der Waals surface area contributed by atoms with E-state index in [1.54, 1.807) is 12.1 Å². The van der Waals surface area contributed by atoms with Gasteiger partial charge in [-0.3, -0.25) is 9.69 Å². The maximum Gasteiger partial charge on any atom is 0.234 e. The largest absolute Gasteiger partial charge is 0.375 e. The van der Waals surface area contributed by atoms with Crippen molar-refractivity contribution in [2.75, 3.05) is 26.2 Å². The highest BCUT2D eigenvalue weighted by Gasteiger charge is 2.34. The lowest BCUT2D eigenvalue weighted by Gasteiger charge is -2.43. The Balaban J connectivity index is 1.42. The summed E-state index contributed by atoms with van der Waals surface area (Å²) in [4.78, 5) is 14.5. The standard InChI is InChI=1S/C18H25FN2O2/c19-15-7-5-14(6-8-15)9-10-20-18(22)13-21-11-12-23-17-4-2-1-3-16(17)21/h5-8,16-17H,1-4,9-13H2,(H,20,22)/t16-,17-/m1/s1. The van der Waals surface area contributed by atoms with Gasteiger partial charge in [-0.15, -0.1) is 0 Å². The fourth-order valence-electron chi connectivity index (χ4n) is 3.61. The zero-order valence-corrected chi connectivity index (χ0v) is 13.5. The molecule has 0 radical (unpaired) electrons. The summed E-state index contributed by atoms with van der Waals surface area (Å²) < 4.78 is 18.7. The first kappa shape index (κ1) is 16.4. The van der Waals surface area contributed by atoms with Gasteiger partial charge in [-0.05, 0) is 37.0 Å². The molecule has 0 aromatic heterocycles. The van der Waals surface area contributed by atoms with Crippen molar-refractivity contribution in [3.8, 4) is 0 Å². The van der Waals surface area contributed by atoms with Gasteiger partial charge in [0.25, 0.3) is 0 Å². The highest BCUT2D eigenvalue weighted by atomic mass is 19.1. The number of carbonyl (C=O) groups excluding carboxylic acids is 1. The van der Waals surface area contributed by atoms with Crippen molar-refractivity contribution >= 4 is 5.91 Å². The number of rotatable bonds is 5. The smallest absolute Gasteiger partial charge is 0.234 e. The molecular weight excluding hydrogens is 295 g/mol. The zero-order chi connectivity index (χ0) is 16.1. The van der Waals surface area contributed by atoms with E-state index in [4.69, 9.17) is 4.74 Å². The summed E-state index contributed by atoms with van der Waals surface area (Å²) in [6, 6.07) is 6.83. The van der Waals surface area contributed by atoms with E-state index in [-0.39, 0.29) is 11.7 Å². The molecule has 1 saturated carbocycles. The molecular formula is C18H25FN2O2. The summed E-state index contributed by atoms with van der Waals surface area (Å²) in [6.45, 7) is 2.60. The first-order chi connectivity index (χ1) is 11.2. The molecule has 0 bridgehead atoms. The van der Waals surface area contributed by atoms with Crippen LogP contribution in [-0.4, -0.2) is 49.2 Å². The van der Waals surface area contributed by atoms with Gasteiger partial charge >= 0.3 is 0 Å². The van der Waals surface area contributed by atoms with Crippen LogP contribution in [0.2, 0.25) is 0 Å². The molecule has 1 aromatic carbocycles. The second-order valence-corrected chi connectivity index (χ2v) is 6.46. The fraction of sp³-hybridized carbons (Fsp3) is 0.611. The number of amides is 1. The summed E-state index contributed by atoms with van der Waals surface area (Å²) in [7, 11) is 0. The van der Waals surface area contributed by atoms with Crippen LogP contribution >= 0.6 is 0 Å². The molecule has 2 aliphatic rings. The average molecular weight is 320 g/mol. The van der Waals surface area contributed by atoms with E-state index in [0.29, 0.717) is 25.2 Å². The van der Waals surface area contributed by atoms with E-state index in [1.807, 2.05) is 0 Å². The number of carbonyl (C=O) groups is 1. The van der Waals surface area contributed by atoms with Gasteiger partial charge in [-0.25, -0.2) is 4.39 Å². The van der Waals surface area contributed by atoms with Crippen LogP contribution in [0.4, 0.5) is 4.39 Å². The van der Waals surface area contributed by atoms with Gasteiger partial charge in [0.1, 0.15) is 5.82 Å². The highest BCUT2D eigenvalue weighted by Crippen LogP contribution is 2.28. The molecule has 5 heteroatoms. The number of hydrogen-bond acceptors (Lipinski definition) is 3. The Bertz CT molecular complexity index is 518. The van der Waals surface area contributed by atoms with Crippen molar-refractivity contribution in [1.29, 1.82) is 0 Å². The summed E-state index contributed by atoms with van der Waals surface area (Å²) >= 11 is 0. The predicted octanol–water partition coefficient (Wildman–Crippen LogP) is 2.13. The van der Waals surface area contributed by atoms with E-state index in [9.17, 15) is 9.18 Å². The van der Waals surface area contributed by atoms with Gasteiger partial charge in [-0.2, -0.15) is 0 Å². The van der Waals surface area contributed by atoms with Crippen LogP contribution in [0.5, 0.6) is 0 Å². The number of fused-ring (bicyclic) bond motifs is 1. The van der Waals surface area contributed by atoms with Crippen LogP contribution < -0.4 is 5.32 Å². The SMILES string of the molecule is O=C(CN1CCO[C@@H]2CCCC[C@H]21)NCCc1ccc(F)cc1. The minimum atomic E-state index is -0.230. The van der Waals surface area contributed by atoms with E-state index in [2.05, 4.69) is 10.2 Å². The lowest BCUT2D eigenvalue weighted by atomic mass is 9.90. The van der Waals surface area contributed by atoms with Crippen LogP contribution in [0, 0.1) is 5.82 Å². The van der Waals surface area contributed by atoms with Gasteiger partial charge in [-0.1, -0.05) is 25.0 Å². The lowest BCUT2D eigenvalue weighted by Crippen LogP contribution is -2.55. The summed E-state index contributed by atoms with van der Waals surface area (Å²) in [5.74, 6) is -0.162. The first-order valence-corrected chi connectivity index (χ1v) is 8.59. The number of ether oxygens (including phenoxy) is 1. The third-order valence-electron chi connectivity index (χ3n) is 4.84. The number of morpholine rings is 1. The number of nitrogens with zero attached hydrogens (tertiary/aromatic N) is 1. The molecule has 1 heterocycles. The minimum Gasteiger partial charge on any atom is -0.375 e. The van der Waals surface area contributed by atoms with E-state index >= 15 is 0 Å². The molecule has 1 saturated heterocycles. The molecule has 1 aliphatic carbocycles. The maximum absolute atomic E-state index is 12.8. The molecule has 2 atom stereocenters. The van der Waals surface area contributed by atoms with Crippen molar-refractivity contribution in [3.63, 3.8) is 0 Å². The van der Waals surface area contributed by atoms with Crippen LogP contribution in [0.15, 0.2) is 24.3 Å². The second-order valence-electron chi connectivity index (χ2n) is 6.46. The Kier molecular flexibility index (Phi) is 5.62. The average Bonchev–Trinajstić information content (AvgIpc) is 2.57. The van der Waals surface area contributed by atoms with Crippen molar-refractivity contribution < 1.29 is 13.9 Å². The van der Waals surface area contributed by atoms with Crippen molar-refractivity contribution in [1.82, 2.24) is 10.2 Å². The normalized spacial score (nSPS) is 24.9. The number of nitrogens with one attached hydrogen (secondary N) is 1. The summed E-state index contributed by atoms with van der Waals surface area (Å²) in [5, 5.41) is 2.97. The summed E-state index contributed by atoms with van der Waals surface area (Å²) in [5.41, 5.74) is 1.03. The van der Waals surface area contributed by atoms with E-state index < -0.39 is 0 Å². The zero-order valence-electron chi connectivity index (χ0n) is 13.5. The predicted molar refractivity (Wildman–Crippen MR) is 86.7 cm³/mol. The Morgan fingerprint density at radius 2 is 2.04 bits per heavy atom. The quantitative estimate of drug-likeness (QED) is 0.904.